The lowest BCUT2D eigenvalue weighted by Crippen LogP contribution is -2.34. The molecular formula is C11H12ClN3O. The Labute approximate surface area is 98.7 Å². The Morgan fingerprint density at radius 3 is 3.00 bits per heavy atom. The van der Waals surface area contributed by atoms with E-state index in [4.69, 9.17) is 17.3 Å². The molecule has 0 fully saturated rings. The molecule has 5 heteroatoms. The van der Waals surface area contributed by atoms with E-state index in [0.29, 0.717) is 24.3 Å². The summed E-state index contributed by atoms with van der Waals surface area (Å²) >= 11 is 5.88. The van der Waals surface area contributed by atoms with Crippen LogP contribution in [0.25, 0.3) is 0 Å². The van der Waals surface area contributed by atoms with E-state index in [9.17, 15) is 4.79 Å². The van der Waals surface area contributed by atoms with Gasteiger partial charge in [-0.15, -0.1) is 0 Å². The van der Waals surface area contributed by atoms with E-state index in [0.717, 1.165) is 6.42 Å². The number of anilines is 1. The van der Waals surface area contributed by atoms with Gasteiger partial charge < -0.3 is 10.6 Å². The van der Waals surface area contributed by atoms with Crippen LogP contribution in [-0.2, 0) is 0 Å². The quantitative estimate of drug-likeness (QED) is 0.598. The first-order valence-corrected chi connectivity index (χ1v) is 5.41. The third-order valence-electron chi connectivity index (χ3n) is 2.44. The molecule has 1 aliphatic heterocycles. The van der Waals surface area contributed by atoms with Crippen LogP contribution in [0.4, 0.5) is 5.69 Å². The fourth-order valence-corrected chi connectivity index (χ4v) is 1.79. The minimum absolute atomic E-state index is 0.117. The van der Waals surface area contributed by atoms with Crippen molar-refractivity contribution in [2.24, 2.45) is 0 Å². The summed E-state index contributed by atoms with van der Waals surface area (Å²) < 4.78 is 0. The third-order valence-corrected chi connectivity index (χ3v) is 2.74. The summed E-state index contributed by atoms with van der Waals surface area (Å²) in [6.07, 6.45) is 6.34. The molecule has 0 atom stereocenters. The van der Waals surface area contributed by atoms with Crippen LogP contribution in [0.3, 0.4) is 0 Å². The van der Waals surface area contributed by atoms with Gasteiger partial charge in [0.05, 0.1) is 17.4 Å². The number of amides is 1. The topological polar surface area (TPSA) is 59.2 Å². The molecule has 0 spiro atoms. The molecule has 0 aromatic carbocycles. The molecule has 1 amide bonds. The smallest absolute Gasteiger partial charge is 0.257 e. The minimum Gasteiger partial charge on any atom is -0.397 e. The van der Waals surface area contributed by atoms with E-state index in [1.165, 1.54) is 6.20 Å². The summed E-state index contributed by atoms with van der Waals surface area (Å²) in [5.74, 6) is -0.117. The number of nitrogens with zero attached hydrogens (tertiary/aromatic N) is 2. The average Bonchev–Trinajstić information content (AvgIpc) is 2.32. The van der Waals surface area contributed by atoms with Crippen molar-refractivity contribution in [2.75, 3.05) is 18.8 Å². The molecule has 1 aliphatic rings. The molecule has 0 saturated heterocycles. The molecule has 2 N–H and O–H groups in total. The molecule has 1 aromatic heterocycles. The molecule has 4 nitrogen and oxygen atoms in total. The van der Waals surface area contributed by atoms with Gasteiger partial charge in [0.15, 0.2) is 0 Å². The highest BCUT2D eigenvalue weighted by atomic mass is 35.5. The van der Waals surface area contributed by atoms with Gasteiger partial charge in [0.25, 0.3) is 5.91 Å². The van der Waals surface area contributed by atoms with Crippen LogP contribution in [-0.4, -0.2) is 28.9 Å². The summed E-state index contributed by atoms with van der Waals surface area (Å²) in [7, 11) is 0. The van der Waals surface area contributed by atoms with Gasteiger partial charge in [-0.25, -0.2) is 4.98 Å². The summed E-state index contributed by atoms with van der Waals surface area (Å²) in [4.78, 5) is 17.7. The number of pyridine rings is 1. The average molecular weight is 238 g/mol. The van der Waals surface area contributed by atoms with Crippen molar-refractivity contribution in [2.45, 2.75) is 6.42 Å². The monoisotopic (exact) mass is 237 g/mol. The van der Waals surface area contributed by atoms with Gasteiger partial charge in [-0.05, 0) is 12.5 Å². The van der Waals surface area contributed by atoms with Crippen molar-refractivity contribution in [3.8, 4) is 0 Å². The zero-order valence-electron chi connectivity index (χ0n) is 8.69. The molecular weight excluding hydrogens is 226 g/mol. The number of rotatable bonds is 1. The molecule has 0 aliphatic carbocycles. The SMILES string of the molecule is Nc1cnc(Cl)c(C(=O)N2CC=CCC2)c1. The predicted octanol–water partition coefficient (Wildman–Crippen LogP) is 1.72. The Balaban J connectivity index is 2.26. The lowest BCUT2D eigenvalue weighted by molar-refractivity contribution is 0.0771. The Morgan fingerprint density at radius 1 is 1.50 bits per heavy atom. The van der Waals surface area contributed by atoms with Crippen LogP contribution in [0.2, 0.25) is 5.15 Å². The Kier molecular flexibility index (Phi) is 3.10. The Bertz CT molecular complexity index is 445. The fraction of sp³-hybridized carbons (Fsp3) is 0.273. The van der Waals surface area contributed by atoms with Crippen LogP contribution in [0.15, 0.2) is 24.4 Å². The number of nitrogens with two attached hydrogens (primary N) is 1. The second-order valence-corrected chi connectivity index (χ2v) is 3.98. The zero-order chi connectivity index (χ0) is 11.5. The van der Waals surface area contributed by atoms with Gasteiger partial charge in [0, 0.05) is 13.1 Å². The van der Waals surface area contributed by atoms with Gasteiger partial charge in [-0.2, -0.15) is 0 Å². The van der Waals surface area contributed by atoms with Gasteiger partial charge in [0.1, 0.15) is 5.15 Å². The molecule has 16 heavy (non-hydrogen) atoms. The van der Waals surface area contributed by atoms with E-state index in [1.807, 2.05) is 6.08 Å². The Morgan fingerprint density at radius 2 is 2.31 bits per heavy atom. The van der Waals surface area contributed by atoms with E-state index in [-0.39, 0.29) is 11.1 Å². The zero-order valence-corrected chi connectivity index (χ0v) is 9.44. The van der Waals surface area contributed by atoms with Gasteiger partial charge >= 0.3 is 0 Å². The lowest BCUT2D eigenvalue weighted by Gasteiger charge is -2.23. The van der Waals surface area contributed by atoms with Crippen molar-refractivity contribution < 1.29 is 4.79 Å². The van der Waals surface area contributed by atoms with Crippen LogP contribution in [0.1, 0.15) is 16.8 Å². The second-order valence-electron chi connectivity index (χ2n) is 3.62. The largest absolute Gasteiger partial charge is 0.397 e. The second kappa shape index (κ2) is 4.53. The summed E-state index contributed by atoms with van der Waals surface area (Å²) in [6.45, 7) is 1.32. The van der Waals surface area contributed by atoms with Crippen molar-refractivity contribution in [3.05, 3.63) is 35.1 Å². The molecule has 2 rings (SSSR count). The number of carbonyl (C=O) groups excluding carboxylic acids is 1. The minimum atomic E-state index is -0.117. The van der Waals surface area contributed by atoms with Crippen molar-refractivity contribution in [1.29, 1.82) is 0 Å². The molecule has 0 radical (unpaired) electrons. The first-order chi connectivity index (χ1) is 7.68. The number of nitrogen functional groups attached to an aromatic ring is 1. The van der Waals surface area contributed by atoms with E-state index in [2.05, 4.69) is 11.1 Å². The van der Waals surface area contributed by atoms with Crippen molar-refractivity contribution >= 4 is 23.2 Å². The molecule has 0 saturated carbocycles. The fourth-order valence-electron chi connectivity index (χ4n) is 1.61. The number of aromatic nitrogens is 1. The summed E-state index contributed by atoms with van der Waals surface area (Å²) in [6, 6.07) is 1.57. The van der Waals surface area contributed by atoms with E-state index in [1.54, 1.807) is 11.0 Å². The maximum atomic E-state index is 12.1. The van der Waals surface area contributed by atoms with Crippen molar-refractivity contribution in [3.63, 3.8) is 0 Å². The molecule has 0 unspecified atom stereocenters. The maximum Gasteiger partial charge on any atom is 0.257 e. The normalized spacial score (nSPS) is 15.2. The van der Waals surface area contributed by atoms with Crippen LogP contribution in [0.5, 0.6) is 0 Å². The number of carbonyl (C=O) groups is 1. The van der Waals surface area contributed by atoms with E-state index >= 15 is 0 Å². The summed E-state index contributed by atoms with van der Waals surface area (Å²) in [5, 5.41) is 0.203. The predicted molar refractivity (Wildman–Crippen MR) is 63.3 cm³/mol. The van der Waals surface area contributed by atoms with Crippen LogP contribution < -0.4 is 5.73 Å². The maximum absolute atomic E-state index is 12.1. The Hall–Kier alpha value is -1.55. The number of hydrogen-bond donors (Lipinski definition) is 1. The standard InChI is InChI=1S/C11H12ClN3O/c12-10-9(6-8(13)7-14-10)11(16)15-4-2-1-3-5-15/h1-2,6-7H,3-5,13H2. The highest BCUT2D eigenvalue weighted by molar-refractivity contribution is 6.32. The van der Waals surface area contributed by atoms with E-state index < -0.39 is 0 Å². The number of hydrogen-bond acceptors (Lipinski definition) is 3. The van der Waals surface area contributed by atoms with Crippen molar-refractivity contribution in [1.82, 2.24) is 9.88 Å². The third kappa shape index (κ3) is 2.17. The molecule has 84 valence electrons. The van der Waals surface area contributed by atoms with Gasteiger partial charge in [-0.1, -0.05) is 23.8 Å². The first-order valence-electron chi connectivity index (χ1n) is 5.04. The van der Waals surface area contributed by atoms with Crippen LogP contribution in [0, 0.1) is 0 Å². The number of halogens is 1. The summed E-state index contributed by atoms with van der Waals surface area (Å²) in [5.41, 5.74) is 6.41. The highest BCUT2D eigenvalue weighted by Crippen LogP contribution is 2.18. The molecule has 1 aromatic rings. The van der Waals surface area contributed by atoms with Crippen LogP contribution >= 0.6 is 11.6 Å². The first kappa shape index (κ1) is 11.0. The lowest BCUT2D eigenvalue weighted by atomic mass is 10.2. The molecule has 2 heterocycles. The molecule has 0 bridgehead atoms. The van der Waals surface area contributed by atoms with Gasteiger partial charge in [-0.3, -0.25) is 4.79 Å². The van der Waals surface area contributed by atoms with Gasteiger partial charge in [0.2, 0.25) is 0 Å². The highest BCUT2D eigenvalue weighted by Gasteiger charge is 2.19.